The van der Waals surface area contributed by atoms with Crippen molar-refractivity contribution in [2.45, 2.75) is 12.8 Å². The molecule has 1 aliphatic heterocycles. The van der Waals surface area contributed by atoms with Gasteiger partial charge in [-0.3, -0.25) is 20.0 Å². The summed E-state index contributed by atoms with van der Waals surface area (Å²) >= 11 is 0. The van der Waals surface area contributed by atoms with E-state index in [4.69, 9.17) is 9.72 Å². The van der Waals surface area contributed by atoms with Gasteiger partial charge in [0.1, 0.15) is 35.1 Å². The normalized spacial score (nSPS) is 14.0. The Morgan fingerprint density at radius 3 is 2.72 bits per heavy atom. The number of halogens is 1. The first-order chi connectivity index (χ1) is 19.2. The highest BCUT2D eigenvalue weighted by atomic mass is 19.1. The summed E-state index contributed by atoms with van der Waals surface area (Å²) in [5.74, 6) is 0.994. The molecular formula is C30H26FN7O. The molecule has 0 spiro atoms. The van der Waals surface area contributed by atoms with Crippen LogP contribution in [0.2, 0.25) is 0 Å². The van der Waals surface area contributed by atoms with E-state index < -0.39 is 0 Å². The Balaban J connectivity index is 1.21. The molecule has 1 aliphatic rings. The molecule has 1 saturated heterocycles. The van der Waals surface area contributed by atoms with Gasteiger partial charge in [0.25, 0.3) is 0 Å². The highest BCUT2D eigenvalue weighted by Gasteiger charge is 2.18. The fourth-order valence-corrected chi connectivity index (χ4v) is 5.23. The first-order valence-electron chi connectivity index (χ1n) is 13.1. The summed E-state index contributed by atoms with van der Waals surface area (Å²) in [5.41, 5.74) is 5.75. The number of benzene rings is 2. The largest absolute Gasteiger partial charge is 0.491 e. The number of rotatable bonds is 7. The van der Waals surface area contributed by atoms with Gasteiger partial charge >= 0.3 is 0 Å². The maximum absolute atomic E-state index is 14.6. The van der Waals surface area contributed by atoms with Crippen LogP contribution in [-0.4, -0.2) is 61.3 Å². The van der Waals surface area contributed by atoms with Crippen LogP contribution in [0, 0.1) is 5.82 Å². The molecule has 9 heteroatoms. The third kappa shape index (κ3) is 4.51. The van der Waals surface area contributed by atoms with E-state index in [2.05, 4.69) is 36.1 Å². The van der Waals surface area contributed by atoms with Crippen LogP contribution in [0.4, 0.5) is 4.39 Å². The zero-order chi connectivity index (χ0) is 26.2. The van der Waals surface area contributed by atoms with E-state index in [1.165, 1.54) is 18.9 Å². The minimum Gasteiger partial charge on any atom is -0.491 e. The summed E-state index contributed by atoms with van der Waals surface area (Å²) in [6, 6.07) is 16.5. The van der Waals surface area contributed by atoms with Crippen molar-refractivity contribution in [3.63, 3.8) is 0 Å². The number of fused-ring (bicyclic) bond motifs is 2. The monoisotopic (exact) mass is 519 g/mol. The zero-order valence-electron chi connectivity index (χ0n) is 21.2. The average Bonchev–Trinajstić information content (AvgIpc) is 3.73. The lowest BCUT2D eigenvalue weighted by atomic mass is 10.0. The Kier molecular flexibility index (Phi) is 5.97. The highest BCUT2D eigenvalue weighted by Crippen LogP contribution is 2.33. The summed E-state index contributed by atoms with van der Waals surface area (Å²) in [6.07, 6.45) is 7.78. The maximum atomic E-state index is 14.6. The minimum atomic E-state index is -0.340. The van der Waals surface area contributed by atoms with E-state index in [1.807, 2.05) is 30.5 Å². The Labute approximate surface area is 223 Å². The maximum Gasteiger partial charge on any atom is 0.159 e. The Bertz CT molecular complexity index is 1790. The summed E-state index contributed by atoms with van der Waals surface area (Å²) in [7, 11) is 0. The van der Waals surface area contributed by atoms with Crippen molar-refractivity contribution >= 4 is 21.9 Å². The average molecular weight is 520 g/mol. The topological polar surface area (TPSA) is 95.6 Å². The second-order valence-corrected chi connectivity index (χ2v) is 9.76. The number of likely N-dealkylation sites (tertiary alicyclic amines) is 1. The summed E-state index contributed by atoms with van der Waals surface area (Å²) in [4.78, 5) is 19.4. The van der Waals surface area contributed by atoms with Crippen LogP contribution in [0.15, 0.2) is 73.2 Å². The predicted octanol–water partition coefficient (Wildman–Crippen LogP) is 5.84. The van der Waals surface area contributed by atoms with E-state index in [0.717, 1.165) is 52.9 Å². The molecule has 39 heavy (non-hydrogen) atoms. The lowest BCUT2D eigenvalue weighted by Gasteiger charge is -2.15. The van der Waals surface area contributed by atoms with Gasteiger partial charge in [0, 0.05) is 35.5 Å². The molecule has 5 heterocycles. The number of pyridine rings is 2. The molecule has 4 aromatic heterocycles. The summed E-state index contributed by atoms with van der Waals surface area (Å²) < 4.78 is 20.6. The van der Waals surface area contributed by atoms with Gasteiger partial charge in [-0.05, 0) is 67.9 Å². The minimum absolute atomic E-state index is 0.340. The molecule has 8 nitrogen and oxygen atoms in total. The fraction of sp³-hybridized carbons (Fsp3) is 0.200. The molecule has 7 rings (SSSR count). The lowest BCUT2D eigenvalue weighted by molar-refractivity contribution is 0.237. The third-order valence-corrected chi connectivity index (χ3v) is 7.24. The van der Waals surface area contributed by atoms with Crippen LogP contribution in [-0.2, 0) is 0 Å². The number of nitrogens with zero attached hydrogens (tertiary/aromatic N) is 5. The number of aromatic amines is 2. The zero-order valence-corrected chi connectivity index (χ0v) is 21.2. The number of nitrogens with one attached hydrogen (secondary N) is 2. The summed E-state index contributed by atoms with van der Waals surface area (Å²) in [6.45, 7) is 3.88. The molecule has 6 aromatic rings. The molecule has 0 amide bonds. The Hall–Kier alpha value is -4.63. The van der Waals surface area contributed by atoms with E-state index in [-0.39, 0.29) is 5.82 Å². The van der Waals surface area contributed by atoms with Crippen molar-refractivity contribution in [3.05, 3.63) is 79.0 Å². The number of imidazole rings is 1. The predicted molar refractivity (Wildman–Crippen MR) is 149 cm³/mol. The van der Waals surface area contributed by atoms with Gasteiger partial charge < -0.3 is 9.72 Å². The van der Waals surface area contributed by atoms with E-state index in [9.17, 15) is 4.39 Å². The van der Waals surface area contributed by atoms with Gasteiger partial charge in [0.2, 0.25) is 0 Å². The first kappa shape index (κ1) is 23.5. The van der Waals surface area contributed by atoms with Gasteiger partial charge in [-0.15, -0.1) is 0 Å². The number of hydrogen-bond acceptors (Lipinski definition) is 6. The second kappa shape index (κ2) is 9.92. The van der Waals surface area contributed by atoms with E-state index >= 15 is 0 Å². The van der Waals surface area contributed by atoms with Crippen LogP contribution < -0.4 is 4.74 Å². The second-order valence-electron chi connectivity index (χ2n) is 9.76. The molecule has 1 fully saturated rings. The third-order valence-electron chi connectivity index (χ3n) is 7.24. The summed E-state index contributed by atoms with van der Waals surface area (Å²) in [5, 5.41) is 8.56. The van der Waals surface area contributed by atoms with Gasteiger partial charge in [0.15, 0.2) is 5.82 Å². The number of H-pyrrole nitrogens is 2. The van der Waals surface area contributed by atoms with Crippen LogP contribution in [0.25, 0.3) is 55.8 Å². The smallest absolute Gasteiger partial charge is 0.159 e. The van der Waals surface area contributed by atoms with Gasteiger partial charge in [-0.25, -0.2) is 9.37 Å². The van der Waals surface area contributed by atoms with Crippen LogP contribution in [0.3, 0.4) is 0 Å². The quantitative estimate of drug-likeness (QED) is 0.275. The number of aromatic nitrogens is 6. The van der Waals surface area contributed by atoms with Crippen LogP contribution >= 0.6 is 0 Å². The number of hydrogen-bond donors (Lipinski definition) is 2. The molecule has 0 aliphatic carbocycles. The number of ether oxygens (including phenoxy) is 1. The molecular weight excluding hydrogens is 493 g/mol. The van der Waals surface area contributed by atoms with Gasteiger partial charge in [-0.1, -0.05) is 18.2 Å². The van der Waals surface area contributed by atoms with Crippen molar-refractivity contribution in [2.75, 3.05) is 26.2 Å². The first-order valence-corrected chi connectivity index (χ1v) is 13.1. The van der Waals surface area contributed by atoms with Gasteiger partial charge in [-0.2, -0.15) is 5.10 Å². The fourth-order valence-electron chi connectivity index (χ4n) is 5.23. The SMILES string of the molecule is Fc1ccccc1-c1nccc2[nH]c(-c3n[nH]c4ccc(-c5cncc(OCCN6CCCC6)c5)cc34)nc12. The molecule has 0 atom stereocenters. The molecule has 2 aromatic carbocycles. The highest BCUT2D eigenvalue weighted by molar-refractivity contribution is 5.97. The molecule has 2 N–H and O–H groups in total. The van der Waals surface area contributed by atoms with E-state index in [0.29, 0.717) is 34.9 Å². The lowest BCUT2D eigenvalue weighted by Crippen LogP contribution is -2.25. The van der Waals surface area contributed by atoms with Crippen molar-refractivity contribution in [1.82, 2.24) is 35.0 Å². The van der Waals surface area contributed by atoms with E-state index in [1.54, 1.807) is 30.6 Å². The van der Waals surface area contributed by atoms with Crippen LogP contribution in [0.5, 0.6) is 5.75 Å². The molecule has 0 unspecified atom stereocenters. The molecule has 194 valence electrons. The van der Waals surface area contributed by atoms with Crippen LogP contribution in [0.1, 0.15) is 12.8 Å². The van der Waals surface area contributed by atoms with Gasteiger partial charge in [0.05, 0.1) is 17.2 Å². The molecule has 0 saturated carbocycles. The molecule has 0 bridgehead atoms. The van der Waals surface area contributed by atoms with Crippen molar-refractivity contribution < 1.29 is 9.13 Å². The Morgan fingerprint density at radius 1 is 0.923 bits per heavy atom. The standard InChI is InChI=1S/C30H26FN7O/c31-24-6-2-1-5-22(24)27-29-26(9-10-33-27)34-30(35-29)28-23-16-19(7-8-25(23)36-37-28)20-15-21(18-32-17-20)39-14-13-38-11-3-4-12-38/h1-2,5-10,15-18H,3-4,11-14H2,(H,34,35)(H,36,37). The van der Waals surface area contributed by atoms with Crippen molar-refractivity contribution in [1.29, 1.82) is 0 Å². The Morgan fingerprint density at radius 2 is 1.82 bits per heavy atom. The molecule has 0 radical (unpaired) electrons. The van der Waals surface area contributed by atoms with Crippen molar-refractivity contribution in [3.8, 4) is 39.7 Å². The van der Waals surface area contributed by atoms with Crippen molar-refractivity contribution in [2.24, 2.45) is 0 Å².